The molecule has 31 heavy (non-hydrogen) atoms. The van der Waals surface area contributed by atoms with E-state index < -0.39 is 0 Å². The quantitative estimate of drug-likeness (QED) is 0.208. The van der Waals surface area contributed by atoms with E-state index in [9.17, 15) is 4.79 Å². The van der Waals surface area contributed by atoms with Crippen molar-refractivity contribution in [2.75, 3.05) is 39.5 Å². The Kier molecular flexibility index (Phi) is 17.1. The molecule has 8 heteroatoms. The van der Waals surface area contributed by atoms with Crippen molar-refractivity contribution < 1.29 is 21.9 Å². The maximum Gasteiger partial charge on any atom is 0.251 e. The lowest BCUT2D eigenvalue weighted by molar-refractivity contribution is 0.0165. The lowest BCUT2D eigenvalue weighted by Gasteiger charge is -2.22. The van der Waals surface area contributed by atoms with Crippen molar-refractivity contribution in [3.8, 4) is 5.75 Å². The molecule has 0 fully saturated rings. The Morgan fingerprint density at radius 2 is 1.90 bits per heavy atom. The van der Waals surface area contributed by atoms with Crippen LogP contribution in [0.15, 0.2) is 24.3 Å². The van der Waals surface area contributed by atoms with E-state index in [1.165, 1.54) is 0 Å². The number of hydrogen-bond donors (Lipinski definition) is 2. The fraction of sp³-hybridized carbons (Fsp3) is 0.696. The van der Waals surface area contributed by atoms with Gasteiger partial charge in [-0.15, -0.1) is 0 Å². The summed E-state index contributed by atoms with van der Waals surface area (Å²) in [7, 11) is 3.41. The zero-order chi connectivity index (χ0) is 23.7. The number of hydrogen-bond acceptors (Lipinski definition) is 7. The first kappa shape index (κ1) is 30.1. The first-order chi connectivity index (χ1) is 14.7. The van der Waals surface area contributed by atoms with Crippen LogP contribution in [-0.2, 0) is 9.47 Å². The Bertz CT molecular complexity index is 606. The molecule has 1 aromatic rings. The van der Waals surface area contributed by atoms with Gasteiger partial charge in [0.2, 0.25) is 0 Å². The molecule has 1 atom stereocenters. The molecule has 1 unspecified atom stereocenters. The highest BCUT2D eigenvalue weighted by Crippen LogP contribution is 2.38. The highest BCUT2D eigenvalue weighted by atomic mass is 33.1. The summed E-state index contributed by atoms with van der Waals surface area (Å²) in [6, 6.07) is 7.13. The van der Waals surface area contributed by atoms with Gasteiger partial charge in [-0.2, -0.15) is 0 Å². The number of nitrogens with one attached hydrogen (secondary N) is 1. The molecule has 0 aliphatic heterocycles. The molecule has 0 saturated heterocycles. The predicted molar refractivity (Wildman–Crippen MR) is 139 cm³/mol. The van der Waals surface area contributed by atoms with E-state index in [2.05, 4.69) is 39.9 Å². The van der Waals surface area contributed by atoms with Gasteiger partial charge in [0, 0.05) is 32.9 Å². The average Bonchev–Trinajstić information content (AvgIpc) is 2.73. The van der Waals surface area contributed by atoms with E-state index in [4.69, 9.17) is 19.9 Å². The Hall–Kier alpha value is -0.930. The van der Waals surface area contributed by atoms with Gasteiger partial charge < -0.3 is 25.3 Å². The molecule has 1 aromatic carbocycles. The van der Waals surface area contributed by atoms with Gasteiger partial charge in [0.05, 0.1) is 13.2 Å². The number of rotatable bonds is 14. The van der Waals surface area contributed by atoms with Crippen LogP contribution in [0.25, 0.3) is 0 Å². The summed E-state index contributed by atoms with van der Waals surface area (Å²) in [6.07, 6.45) is 0. The number of carbonyl (C=O) groups excluding carboxylic acids is 1. The molecule has 0 aliphatic carbocycles. The van der Waals surface area contributed by atoms with Crippen LogP contribution < -0.4 is 15.8 Å². The van der Waals surface area contributed by atoms with E-state index >= 15 is 0 Å². The second-order valence-electron chi connectivity index (χ2n) is 7.94. The minimum Gasteiger partial charge on any atom is -0.490 e. The van der Waals surface area contributed by atoms with Crippen LogP contribution in [0.1, 0.15) is 61.7 Å². The Balaban J connectivity index is -0.00000218. The first-order valence-electron chi connectivity index (χ1n) is 11.0. The van der Waals surface area contributed by atoms with E-state index in [0.717, 1.165) is 6.61 Å². The molecule has 0 radical (unpaired) electrons. The highest BCUT2D eigenvalue weighted by Gasteiger charge is 2.18. The summed E-state index contributed by atoms with van der Waals surface area (Å²) >= 11 is 0. The van der Waals surface area contributed by atoms with Gasteiger partial charge in [0.25, 0.3) is 5.91 Å². The fourth-order valence-electron chi connectivity index (χ4n) is 2.04. The monoisotopic (exact) mass is 478 g/mol. The zero-order valence-electron chi connectivity index (χ0n) is 20.2. The molecule has 1 rings (SSSR count). The van der Waals surface area contributed by atoms with E-state index in [1.54, 1.807) is 39.8 Å². The number of amides is 1. The molecule has 0 saturated carbocycles. The summed E-state index contributed by atoms with van der Waals surface area (Å²) < 4.78 is 17.6. The van der Waals surface area contributed by atoms with Gasteiger partial charge in [-0.1, -0.05) is 76.1 Å². The molecule has 0 aliphatic rings. The number of nitrogens with two attached hydrogens (primary N) is 1. The third-order valence-corrected chi connectivity index (χ3v) is 6.82. The van der Waals surface area contributed by atoms with Crippen LogP contribution in [0, 0.1) is 5.92 Å². The highest BCUT2D eigenvalue weighted by molar-refractivity contribution is 8.77. The molecule has 1 amide bonds. The molecule has 0 spiro atoms. The van der Waals surface area contributed by atoms with Crippen molar-refractivity contribution >= 4 is 27.5 Å². The van der Waals surface area contributed by atoms with Crippen LogP contribution >= 0.6 is 21.6 Å². The smallest absolute Gasteiger partial charge is 0.251 e. The molecular weight excluding hydrogens is 432 g/mol. The molecule has 0 bridgehead atoms. The predicted octanol–water partition coefficient (Wildman–Crippen LogP) is 5.47. The van der Waals surface area contributed by atoms with Gasteiger partial charge in [-0.05, 0) is 24.1 Å². The number of ether oxygens (including phenoxy) is 3. The van der Waals surface area contributed by atoms with E-state index in [0.29, 0.717) is 50.1 Å². The van der Waals surface area contributed by atoms with Crippen LogP contribution in [0.2, 0.25) is 0 Å². The van der Waals surface area contributed by atoms with Crippen molar-refractivity contribution in [3.63, 3.8) is 0 Å². The summed E-state index contributed by atoms with van der Waals surface area (Å²) in [5, 5.41) is 2.76. The van der Waals surface area contributed by atoms with Gasteiger partial charge in [0.1, 0.15) is 17.8 Å². The SMILES string of the molecule is CC.CC(C)COCCOC(COc1cccc(C(=O)NCCN)c1)SSC(C)(C)C.[HH].[HH]. The van der Waals surface area contributed by atoms with Crippen molar-refractivity contribution in [1.29, 1.82) is 0 Å². The van der Waals surface area contributed by atoms with Gasteiger partial charge in [0.15, 0.2) is 0 Å². The Morgan fingerprint density at radius 1 is 1.19 bits per heavy atom. The van der Waals surface area contributed by atoms with Crippen molar-refractivity contribution in [2.24, 2.45) is 11.7 Å². The van der Waals surface area contributed by atoms with Gasteiger partial charge in [-0.3, -0.25) is 4.79 Å². The maximum absolute atomic E-state index is 12.1. The maximum atomic E-state index is 12.1. The topological polar surface area (TPSA) is 82.8 Å². The summed E-state index contributed by atoms with van der Waals surface area (Å²) in [5.41, 5.74) is 5.84. The van der Waals surface area contributed by atoms with Crippen LogP contribution in [0.5, 0.6) is 5.75 Å². The third-order valence-electron chi connectivity index (χ3n) is 3.30. The standard InChI is InChI=1S/C21H36N2O4S2.C2H6.2H2/c1-16(2)14-25-11-12-26-19(28-29-21(3,4)5)15-27-18-8-6-7-17(13-18)20(24)23-10-9-22;1-2;;/h6-8,13,16,19H,9-12,14-15,22H2,1-5H3,(H,23,24);1-2H3;2*1H. The lowest BCUT2D eigenvalue weighted by Crippen LogP contribution is -2.29. The minimum atomic E-state index is -0.159. The molecule has 3 N–H and O–H groups in total. The fourth-order valence-corrected chi connectivity index (χ4v) is 4.23. The summed E-state index contributed by atoms with van der Waals surface area (Å²) in [6.45, 7) is 17.8. The van der Waals surface area contributed by atoms with Crippen molar-refractivity contribution in [3.05, 3.63) is 29.8 Å². The Morgan fingerprint density at radius 3 is 2.52 bits per heavy atom. The van der Waals surface area contributed by atoms with Gasteiger partial charge in [-0.25, -0.2) is 0 Å². The van der Waals surface area contributed by atoms with Crippen LogP contribution in [-0.4, -0.2) is 55.6 Å². The van der Waals surface area contributed by atoms with Crippen molar-refractivity contribution in [1.82, 2.24) is 5.32 Å². The molecule has 6 nitrogen and oxygen atoms in total. The largest absolute Gasteiger partial charge is 0.490 e. The third kappa shape index (κ3) is 16.4. The molecule has 0 heterocycles. The second kappa shape index (κ2) is 17.6. The van der Waals surface area contributed by atoms with E-state index in [1.807, 2.05) is 19.9 Å². The zero-order valence-corrected chi connectivity index (χ0v) is 21.9. The van der Waals surface area contributed by atoms with Gasteiger partial charge >= 0.3 is 0 Å². The van der Waals surface area contributed by atoms with Crippen LogP contribution in [0.4, 0.5) is 0 Å². The lowest BCUT2D eigenvalue weighted by atomic mass is 10.2. The summed E-state index contributed by atoms with van der Waals surface area (Å²) in [4.78, 5) is 12.1. The average molecular weight is 479 g/mol. The molecular formula is C23H46N2O4S2. The van der Waals surface area contributed by atoms with Crippen molar-refractivity contribution in [2.45, 2.75) is 58.6 Å². The van der Waals surface area contributed by atoms with Crippen LogP contribution in [0.3, 0.4) is 0 Å². The molecule has 184 valence electrons. The Labute approximate surface area is 200 Å². The number of benzene rings is 1. The van der Waals surface area contributed by atoms with E-state index in [-0.39, 0.29) is 18.9 Å². The second-order valence-corrected chi connectivity index (χ2v) is 11.1. The normalized spacial score (nSPS) is 12.2. The minimum absolute atomic E-state index is 0. The first-order valence-corrected chi connectivity index (χ1v) is 13.2. The summed E-state index contributed by atoms with van der Waals surface area (Å²) in [5.74, 6) is 0.986. The number of carbonyl (C=O) groups is 1. The molecule has 0 aromatic heterocycles.